The molecule has 1 N–H and O–H groups in total. The highest BCUT2D eigenvalue weighted by Gasteiger charge is 2.18. The van der Waals surface area contributed by atoms with Crippen molar-refractivity contribution in [1.82, 2.24) is 0 Å². The molecule has 0 radical (unpaired) electrons. The molecule has 27 heavy (non-hydrogen) atoms. The number of benzene rings is 2. The first kappa shape index (κ1) is 20.7. The van der Waals surface area contributed by atoms with Gasteiger partial charge in [-0.05, 0) is 55.0 Å². The van der Waals surface area contributed by atoms with Crippen molar-refractivity contribution in [2.24, 2.45) is 0 Å². The van der Waals surface area contributed by atoms with Crippen molar-refractivity contribution in [3.8, 4) is 0 Å². The molecule has 0 aliphatic rings. The summed E-state index contributed by atoms with van der Waals surface area (Å²) >= 11 is 5.87. The Hall–Kier alpha value is -2.64. The Balaban J connectivity index is 1.97. The van der Waals surface area contributed by atoms with E-state index in [-0.39, 0.29) is 0 Å². The Morgan fingerprint density at radius 1 is 1.15 bits per heavy atom. The lowest BCUT2D eigenvalue weighted by Gasteiger charge is -2.11. The van der Waals surface area contributed by atoms with Gasteiger partial charge < -0.3 is 4.74 Å². The van der Waals surface area contributed by atoms with Crippen molar-refractivity contribution in [3.63, 3.8) is 0 Å². The van der Waals surface area contributed by atoms with Gasteiger partial charge in [-0.25, -0.2) is 13.2 Å². The van der Waals surface area contributed by atoms with Gasteiger partial charge in [0.05, 0.1) is 6.26 Å². The number of esters is 1. The number of rotatable bonds is 7. The Kier molecular flexibility index (Phi) is 6.76. The van der Waals surface area contributed by atoms with Crippen LogP contribution in [0.1, 0.15) is 22.8 Å². The van der Waals surface area contributed by atoms with Crippen LogP contribution in [0.5, 0.6) is 0 Å². The SMILES string of the molecule is C[C@H](OC(=O)/C=C/c1cccc(Cl)c1)C(=O)c1ccc(NS(C)(=O)=O)cc1. The maximum atomic E-state index is 12.3. The fourth-order valence-electron chi connectivity index (χ4n) is 2.19. The molecule has 142 valence electrons. The van der Waals surface area contributed by atoms with Gasteiger partial charge in [-0.2, -0.15) is 0 Å². The average molecular weight is 408 g/mol. The van der Waals surface area contributed by atoms with Gasteiger partial charge in [-0.3, -0.25) is 9.52 Å². The summed E-state index contributed by atoms with van der Waals surface area (Å²) in [6.07, 6.45) is 2.80. The van der Waals surface area contributed by atoms with Gasteiger partial charge in [0.25, 0.3) is 0 Å². The van der Waals surface area contributed by atoms with Crippen LogP contribution in [-0.4, -0.2) is 32.5 Å². The van der Waals surface area contributed by atoms with E-state index in [0.29, 0.717) is 16.3 Å². The number of ketones is 1. The molecule has 0 heterocycles. The molecule has 2 aromatic rings. The summed E-state index contributed by atoms with van der Waals surface area (Å²) in [4.78, 5) is 24.2. The third kappa shape index (κ3) is 6.88. The minimum atomic E-state index is -3.39. The zero-order valence-electron chi connectivity index (χ0n) is 14.7. The second kappa shape index (κ2) is 8.83. The average Bonchev–Trinajstić information content (AvgIpc) is 2.58. The van der Waals surface area contributed by atoms with Crippen LogP contribution in [-0.2, 0) is 19.6 Å². The summed E-state index contributed by atoms with van der Waals surface area (Å²) < 4.78 is 29.8. The number of Topliss-reactive ketones (excluding diaryl/α,β-unsaturated/α-hetero) is 1. The van der Waals surface area contributed by atoms with Gasteiger partial charge in [0.2, 0.25) is 15.8 Å². The van der Waals surface area contributed by atoms with Crippen molar-refractivity contribution >= 4 is 45.1 Å². The highest BCUT2D eigenvalue weighted by molar-refractivity contribution is 7.92. The largest absolute Gasteiger partial charge is 0.451 e. The minimum Gasteiger partial charge on any atom is -0.451 e. The van der Waals surface area contributed by atoms with E-state index in [1.165, 1.54) is 43.3 Å². The van der Waals surface area contributed by atoms with Crippen LogP contribution in [0.2, 0.25) is 5.02 Å². The molecule has 0 aromatic heterocycles. The molecule has 0 fully saturated rings. The topological polar surface area (TPSA) is 89.5 Å². The van der Waals surface area contributed by atoms with Crippen LogP contribution < -0.4 is 4.72 Å². The Morgan fingerprint density at radius 3 is 2.41 bits per heavy atom. The summed E-state index contributed by atoms with van der Waals surface area (Å²) in [7, 11) is -3.39. The summed E-state index contributed by atoms with van der Waals surface area (Å²) in [6.45, 7) is 1.47. The maximum Gasteiger partial charge on any atom is 0.331 e. The number of ether oxygens (including phenoxy) is 1. The summed E-state index contributed by atoms with van der Waals surface area (Å²) in [5.41, 5.74) is 1.36. The number of carbonyl (C=O) groups is 2. The highest BCUT2D eigenvalue weighted by atomic mass is 35.5. The Bertz CT molecular complexity index is 968. The predicted molar refractivity (Wildman–Crippen MR) is 105 cm³/mol. The molecule has 0 bridgehead atoms. The van der Waals surface area contributed by atoms with Crippen molar-refractivity contribution in [2.45, 2.75) is 13.0 Å². The first-order valence-corrected chi connectivity index (χ1v) is 10.2. The van der Waals surface area contributed by atoms with Gasteiger partial charge in [0, 0.05) is 22.3 Å². The summed E-state index contributed by atoms with van der Waals surface area (Å²) in [5.74, 6) is -1.06. The fourth-order valence-corrected chi connectivity index (χ4v) is 2.96. The van der Waals surface area contributed by atoms with Crippen LogP contribution in [0.15, 0.2) is 54.6 Å². The molecule has 0 saturated heterocycles. The van der Waals surface area contributed by atoms with Crippen LogP contribution in [0, 0.1) is 0 Å². The number of anilines is 1. The second-order valence-corrected chi connectivity index (χ2v) is 7.97. The van der Waals surface area contributed by atoms with Crippen LogP contribution in [0.4, 0.5) is 5.69 Å². The van der Waals surface area contributed by atoms with E-state index < -0.39 is 27.9 Å². The lowest BCUT2D eigenvalue weighted by molar-refractivity contribution is -0.140. The summed E-state index contributed by atoms with van der Waals surface area (Å²) in [5, 5.41) is 0.544. The lowest BCUT2D eigenvalue weighted by Crippen LogP contribution is -2.23. The summed E-state index contributed by atoms with van der Waals surface area (Å²) in [6, 6.07) is 12.8. The van der Waals surface area contributed by atoms with Crippen LogP contribution in [0.25, 0.3) is 6.08 Å². The van der Waals surface area contributed by atoms with Gasteiger partial charge in [0.1, 0.15) is 0 Å². The first-order chi connectivity index (χ1) is 12.6. The van der Waals surface area contributed by atoms with Crippen molar-refractivity contribution in [1.29, 1.82) is 0 Å². The number of nitrogens with one attached hydrogen (secondary N) is 1. The third-order valence-electron chi connectivity index (χ3n) is 3.40. The number of hydrogen-bond donors (Lipinski definition) is 1. The molecular formula is C19H18ClNO5S. The van der Waals surface area contributed by atoms with E-state index in [4.69, 9.17) is 16.3 Å². The zero-order chi connectivity index (χ0) is 20.0. The molecule has 2 rings (SSSR count). The minimum absolute atomic E-state index is 0.299. The van der Waals surface area contributed by atoms with E-state index in [9.17, 15) is 18.0 Å². The number of carbonyl (C=O) groups excluding carboxylic acids is 2. The van der Waals surface area contributed by atoms with Gasteiger partial charge in [0.15, 0.2) is 6.10 Å². The molecule has 8 heteroatoms. The molecule has 0 saturated carbocycles. The van der Waals surface area contributed by atoms with E-state index in [1.807, 2.05) is 0 Å². The van der Waals surface area contributed by atoms with Crippen LogP contribution in [0.3, 0.4) is 0 Å². The molecule has 0 amide bonds. The molecule has 6 nitrogen and oxygen atoms in total. The third-order valence-corrected chi connectivity index (χ3v) is 4.24. The number of sulfonamides is 1. The van der Waals surface area contributed by atoms with E-state index in [1.54, 1.807) is 24.3 Å². The monoisotopic (exact) mass is 407 g/mol. The number of halogens is 1. The van der Waals surface area contributed by atoms with Crippen molar-refractivity contribution in [3.05, 3.63) is 70.8 Å². The Morgan fingerprint density at radius 2 is 1.81 bits per heavy atom. The van der Waals surface area contributed by atoms with Crippen LogP contribution >= 0.6 is 11.6 Å². The highest BCUT2D eigenvalue weighted by Crippen LogP contribution is 2.14. The van der Waals surface area contributed by atoms with Gasteiger partial charge in [-0.1, -0.05) is 23.7 Å². The van der Waals surface area contributed by atoms with E-state index >= 15 is 0 Å². The fraction of sp³-hybridized carbons (Fsp3) is 0.158. The first-order valence-electron chi connectivity index (χ1n) is 7.90. The standard InChI is InChI=1S/C19H18ClNO5S/c1-13(26-18(22)11-6-14-4-3-5-16(20)12-14)19(23)15-7-9-17(10-8-15)21-27(2,24)25/h3-13,21H,1-2H3/b11-6+/t13-/m0/s1. The molecule has 1 atom stereocenters. The second-order valence-electron chi connectivity index (χ2n) is 5.78. The molecular weight excluding hydrogens is 390 g/mol. The molecule has 0 unspecified atom stereocenters. The normalized spacial score (nSPS) is 12.6. The van der Waals surface area contributed by atoms with Gasteiger partial charge >= 0.3 is 5.97 Å². The van der Waals surface area contributed by atoms with Gasteiger partial charge in [-0.15, -0.1) is 0 Å². The smallest absolute Gasteiger partial charge is 0.331 e. The van der Waals surface area contributed by atoms with E-state index in [2.05, 4.69) is 4.72 Å². The predicted octanol–water partition coefficient (Wildman–Crippen LogP) is 3.54. The molecule has 0 aliphatic heterocycles. The van der Waals surface area contributed by atoms with E-state index in [0.717, 1.165) is 11.8 Å². The maximum absolute atomic E-state index is 12.3. The molecule has 0 aliphatic carbocycles. The molecule has 2 aromatic carbocycles. The zero-order valence-corrected chi connectivity index (χ0v) is 16.3. The van der Waals surface area contributed by atoms with Crippen molar-refractivity contribution < 1.29 is 22.7 Å². The molecule has 0 spiro atoms. The Labute approximate surface area is 162 Å². The quantitative estimate of drug-likeness (QED) is 0.430. The lowest BCUT2D eigenvalue weighted by atomic mass is 10.1. The number of hydrogen-bond acceptors (Lipinski definition) is 5. The van der Waals surface area contributed by atoms with Crippen molar-refractivity contribution in [2.75, 3.05) is 11.0 Å².